The third-order valence-corrected chi connectivity index (χ3v) is 6.84. The number of para-hydroxylation sites is 1. The average molecular weight is 572 g/mol. The minimum Gasteiger partial charge on any atom is -0.462 e. The van der Waals surface area contributed by atoms with Crippen LogP contribution in [-0.2, 0) is 6.18 Å². The molecule has 7 nitrogen and oxygen atoms in total. The maximum Gasteiger partial charge on any atom is 0.455 e. The molecule has 0 spiro atoms. The zero-order valence-electron chi connectivity index (χ0n) is 18.2. The van der Waals surface area contributed by atoms with Crippen molar-refractivity contribution < 1.29 is 22.4 Å². The van der Waals surface area contributed by atoms with E-state index in [1.807, 2.05) is 43.3 Å². The maximum absolute atomic E-state index is 13.1. The lowest BCUT2D eigenvalue weighted by molar-refractivity contribution is -0.146. The molecule has 0 aliphatic heterocycles. The van der Waals surface area contributed by atoms with Crippen LogP contribution in [0.1, 0.15) is 24.4 Å². The highest BCUT2D eigenvalue weighted by Gasteiger charge is 2.37. The Kier molecular flexibility index (Phi) is 5.38. The zero-order valence-corrected chi connectivity index (χ0v) is 20.6. The predicted molar refractivity (Wildman–Crippen MR) is 132 cm³/mol. The van der Waals surface area contributed by atoms with Gasteiger partial charge in [0.15, 0.2) is 0 Å². The Morgan fingerprint density at radius 2 is 1.81 bits per heavy atom. The Balaban J connectivity index is 1.47. The molecule has 2 aromatic carbocycles. The van der Waals surface area contributed by atoms with Crippen molar-refractivity contribution in [1.29, 1.82) is 0 Å². The summed E-state index contributed by atoms with van der Waals surface area (Å²) in [5, 5.41) is 4.92. The van der Waals surface area contributed by atoms with E-state index in [1.165, 1.54) is 11.3 Å². The first-order valence-electron chi connectivity index (χ1n) is 10.6. The van der Waals surface area contributed by atoms with E-state index in [0.717, 1.165) is 21.3 Å². The summed E-state index contributed by atoms with van der Waals surface area (Å²) < 4.78 is 51.1. The summed E-state index contributed by atoms with van der Waals surface area (Å²) in [4.78, 5) is 18.0. The molecule has 0 bridgehead atoms. The summed E-state index contributed by atoms with van der Waals surface area (Å²) in [6, 6.07) is 16.3. The summed E-state index contributed by atoms with van der Waals surface area (Å²) in [6.07, 6.45) is -5.19. The topological polar surface area (TPSA) is 86.8 Å². The number of hydrogen-bond acceptors (Lipinski definition) is 8. The molecule has 0 radical (unpaired) electrons. The molecule has 0 amide bonds. The highest BCUT2D eigenvalue weighted by atomic mass is 79.9. The molecule has 6 rings (SSSR count). The highest BCUT2D eigenvalue weighted by Crippen LogP contribution is 2.37. The van der Waals surface area contributed by atoms with E-state index in [2.05, 4.69) is 36.0 Å². The summed E-state index contributed by atoms with van der Waals surface area (Å²) in [7, 11) is 0. The van der Waals surface area contributed by atoms with Crippen LogP contribution in [-0.4, -0.2) is 25.1 Å². The molecule has 1 atom stereocenters. The molecule has 0 fully saturated rings. The third kappa shape index (κ3) is 4.05. The molecule has 0 aliphatic carbocycles. The van der Waals surface area contributed by atoms with Crippen molar-refractivity contribution in [1.82, 2.24) is 25.1 Å². The van der Waals surface area contributed by atoms with Crippen molar-refractivity contribution in [2.45, 2.75) is 19.2 Å². The van der Waals surface area contributed by atoms with Crippen LogP contribution in [0.4, 0.5) is 13.2 Å². The zero-order chi connectivity index (χ0) is 25.0. The van der Waals surface area contributed by atoms with Crippen LogP contribution in [0.25, 0.3) is 43.6 Å². The Morgan fingerprint density at radius 3 is 2.61 bits per heavy atom. The van der Waals surface area contributed by atoms with Crippen LogP contribution < -0.4 is 4.74 Å². The van der Waals surface area contributed by atoms with E-state index in [-0.39, 0.29) is 5.89 Å². The van der Waals surface area contributed by atoms with E-state index >= 15 is 0 Å². The largest absolute Gasteiger partial charge is 0.462 e. The Morgan fingerprint density at radius 1 is 0.972 bits per heavy atom. The smallest absolute Gasteiger partial charge is 0.455 e. The number of aromatic nitrogens is 5. The van der Waals surface area contributed by atoms with Gasteiger partial charge in [-0.3, -0.25) is 0 Å². The number of hydrogen-bond donors (Lipinski definition) is 0. The van der Waals surface area contributed by atoms with Gasteiger partial charge in [0, 0.05) is 21.9 Å². The molecule has 4 heterocycles. The van der Waals surface area contributed by atoms with E-state index in [0.29, 0.717) is 31.8 Å². The summed E-state index contributed by atoms with van der Waals surface area (Å²) in [6.45, 7) is 1.86. The van der Waals surface area contributed by atoms with E-state index in [1.54, 1.807) is 18.2 Å². The van der Waals surface area contributed by atoms with Crippen molar-refractivity contribution in [3.8, 4) is 16.6 Å². The van der Waals surface area contributed by atoms with Gasteiger partial charge in [-0.15, -0.1) is 0 Å². The summed E-state index contributed by atoms with van der Waals surface area (Å²) >= 11 is 4.67. The molecule has 0 saturated heterocycles. The highest BCUT2D eigenvalue weighted by molar-refractivity contribution is 9.10. The first kappa shape index (κ1) is 22.8. The van der Waals surface area contributed by atoms with Crippen molar-refractivity contribution in [2.24, 2.45) is 0 Å². The minimum atomic E-state index is -4.72. The van der Waals surface area contributed by atoms with Crippen LogP contribution in [0.5, 0.6) is 5.19 Å². The predicted octanol–water partition coefficient (Wildman–Crippen LogP) is 7.36. The number of benzene rings is 2. The van der Waals surface area contributed by atoms with Crippen LogP contribution >= 0.6 is 27.3 Å². The van der Waals surface area contributed by atoms with Crippen molar-refractivity contribution in [3.63, 3.8) is 0 Å². The monoisotopic (exact) mass is 571 g/mol. The molecule has 0 N–H and O–H groups in total. The number of ether oxygens (including phenoxy) is 1. The van der Waals surface area contributed by atoms with Gasteiger partial charge in [-0.05, 0) is 53.2 Å². The fraction of sp³-hybridized carbons (Fsp3) is 0.125. The number of thiazole rings is 1. The van der Waals surface area contributed by atoms with Gasteiger partial charge in [0.1, 0.15) is 21.1 Å². The molecule has 4 aromatic heterocycles. The number of alkyl halides is 3. The number of halogens is 4. The molecule has 12 heteroatoms. The maximum atomic E-state index is 13.1. The van der Waals surface area contributed by atoms with Gasteiger partial charge in [0.25, 0.3) is 16.9 Å². The third-order valence-electron chi connectivity index (χ3n) is 5.54. The first-order valence-corrected chi connectivity index (χ1v) is 12.2. The molecule has 0 saturated carbocycles. The summed E-state index contributed by atoms with van der Waals surface area (Å²) in [5.41, 5.74) is 3.06. The van der Waals surface area contributed by atoms with E-state index in [9.17, 15) is 13.2 Å². The van der Waals surface area contributed by atoms with Crippen LogP contribution in [0.3, 0.4) is 0 Å². The second-order valence-electron chi connectivity index (χ2n) is 7.90. The van der Waals surface area contributed by atoms with Crippen LogP contribution in [0.15, 0.2) is 63.7 Å². The van der Waals surface area contributed by atoms with Gasteiger partial charge in [-0.25, -0.2) is 15.0 Å². The van der Waals surface area contributed by atoms with Crippen molar-refractivity contribution >= 4 is 59.4 Å². The molecular formula is C24H13BrF3N5O2S. The Hall–Kier alpha value is -3.64. The lowest BCUT2D eigenvalue weighted by atomic mass is 9.99. The normalized spacial score (nSPS) is 13.0. The SMILES string of the molecule is CC(Oc1nc2ccc(Br)nc2s1)c1ccc(-c2nc(C(F)(F)F)no2)c2cc3ccccc3nc12. The van der Waals surface area contributed by atoms with Gasteiger partial charge in [0.05, 0.1) is 11.0 Å². The van der Waals surface area contributed by atoms with Gasteiger partial charge in [-0.2, -0.15) is 18.2 Å². The second-order valence-corrected chi connectivity index (χ2v) is 9.65. The standard InChI is InChI=1S/C24H13BrF3N5O2S/c1-11(34-23-30-17-8-9-18(25)31-21(17)36-23)13-6-7-14(20-32-22(33-35-20)24(26,27)28)15-10-12-4-2-3-5-16(12)29-19(13)15/h2-11H,1H3. The second kappa shape index (κ2) is 8.49. The lowest BCUT2D eigenvalue weighted by Crippen LogP contribution is -2.07. The van der Waals surface area contributed by atoms with Crippen molar-refractivity contribution in [3.05, 3.63) is 70.6 Å². The van der Waals surface area contributed by atoms with E-state index < -0.39 is 18.1 Å². The number of pyridine rings is 2. The molecular weight excluding hydrogens is 559 g/mol. The van der Waals surface area contributed by atoms with Crippen molar-refractivity contribution in [2.75, 3.05) is 0 Å². The van der Waals surface area contributed by atoms with Gasteiger partial charge in [-0.1, -0.05) is 40.8 Å². The van der Waals surface area contributed by atoms with Gasteiger partial charge < -0.3 is 9.26 Å². The van der Waals surface area contributed by atoms with Crippen LogP contribution in [0.2, 0.25) is 0 Å². The first-order chi connectivity index (χ1) is 17.3. The quantitative estimate of drug-likeness (QED) is 0.161. The Labute approximate surface area is 213 Å². The fourth-order valence-electron chi connectivity index (χ4n) is 3.89. The number of fused-ring (bicyclic) bond motifs is 3. The molecule has 0 aliphatic rings. The number of nitrogens with zero attached hydrogens (tertiary/aromatic N) is 5. The lowest BCUT2D eigenvalue weighted by Gasteiger charge is -2.16. The molecule has 36 heavy (non-hydrogen) atoms. The molecule has 180 valence electrons. The minimum absolute atomic E-state index is 0.243. The Bertz CT molecular complexity index is 1770. The fourth-order valence-corrected chi connectivity index (χ4v) is 5.18. The number of rotatable bonds is 4. The van der Waals surface area contributed by atoms with E-state index in [4.69, 9.17) is 14.2 Å². The van der Waals surface area contributed by atoms with Gasteiger partial charge in [0.2, 0.25) is 0 Å². The molecule has 6 aromatic rings. The summed E-state index contributed by atoms with van der Waals surface area (Å²) in [5.74, 6) is -1.58. The van der Waals surface area contributed by atoms with Gasteiger partial charge >= 0.3 is 6.18 Å². The average Bonchev–Trinajstić information content (AvgIpc) is 3.49. The molecule has 1 unspecified atom stereocenters. The van der Waals surface area contributed by atoms with Crippen LogP contribution in [0, 0.1) is 0 Å².